The van der Waals surface area contributed by atoms with Crippen LogP contribution in [0, 0.1) is 5.92 Å². The first-order valence-electron chi connectivity index (χ1n) is 9.12. The second-order valence-electron chi connectivity index (χ2n) is 7.03. The van der Waals surface area contributed by atoms with Gasteiger partial charge in [-0.05, 0) is 55.2 Å². The fraction of sp³-hybridized carbons (Fsp3) is 0.350. The van der Waals surface area contributed by atoms with Crippen LogP contribution in [-0.4, -0.2) is 38.3 Å². The van der Waals surface area contributed by atoms with Crippen LogP contribution in [0.1, 0.15) is 18.4 Å². The van der Waals surface area contributed by atoms with Crippen LogP contribution < -0.4 is 4.90 Å². The molecule has 2 aliphatic rings. The van der Waals surface area contributed by atoms with Crippen LogP contribution >= 0.6 is 15.9 Å². The Kier molecular flexibility index (Phi) is 5.09. The number of hydrogen-bond donors (Lipinski definition) is 0. The molecule has 0 bridgehead atoms. The van der Waals surface area contributed by atoms with E-state index in [1.54, 1.807) is 30.3 Å². The highest BCUT2D eigenvalue weighted by Gasteiger charge is 2.36. The zero-order chi connectivity index (χ0) is 19.0. The van der Waals surface area contributed by atoms with Crippen molar-refractivity contribution in [2.45, 2.75) is 24.2 Å². The number of anilines is 1. The van der Waals surface area contributed by atoms with Crippen molar-refractivity contribution < 1.29 is 13.2 Å². The van der Waals surface area contributed by atoms with Crippen molar-refractivity contribution in [3.8, 4) is 0 Å². The van der Waals surface area contributed by atoms with Crippen LogP contribution in [0.5, 0.6) is 0 Å². The topological polar surface area (TPSA) is 57.7 Å². The summed E-state index contributed by atoms with van der Waals surface area (Å²) < 4.78 is 28.3. The average molecular weight is 449 g/mol. The summed E-state index contributed by atoms with van der Waals surface area (Å²) in [5, 5.41) is 0. The molecule has 27 heavy (non-hydrogen) atoms. The third-order valence-corrected chi connectivity index (χ3v) is 7.69. The van der Waals surface area contributed by atoms with Gasteiger partial charge in [0.2, 0.25) is 15.9 Å². The average Bonchev–Trinajstić information content (AvgIpc) is 3.11. The Morgan fingerprint density at radius 3 is 2.63 bits per heavy atom. The maximum Gasteiger partial charge on any atom is 0.243 e. The largest absolute Gasteiger partial charge is 0.312 e. The van der Waals surface area contributed by atoms with E-state index in [1.165, 1.54) is 4.31 Å². The Hall–Kier alpha value is -1.70. The predicted octanol–water partition coefficient (Wildman–Crippen LogP) is 3.44. The van der Waals surface area contributed by atoms with E-state index in [2.05, 4.69) is 22.0 Å². The summed E-state index contributed by atoms with van der Waals surface area (Å²) in [5.74, 6) is -0.268. The minimum atomic E-state index is -3.56. The second-order valence-corrected chi connectivity index (χ2v) is 9.88. The number of nitrogens with zero attached hydrogens (tertiary/aromatic N) is 2. The lowest BCUT2D eigenvalue weighted by molar-refractivity contribution is -0.123. The molecule has 142 valence electrons. The molecular weight excluding hydrogens is 428 g/mol. The molecule has 1 amide bonds. The molecule has 0 radical (unpaired) electrons. The quantitative estimate of drug-likeness (QED) is 0.722. The third-order valence-electron chi connectivity index (χ3n) is 5.32. The first kappa shape index (κ1) is 18.7. The molecular formula is C20H21BrN2O3S. The molecule has 1 fully saturated rings. The van der Waals surface area contributed by atoms with Crippen LogP contribution in [0.4, 0.5) is 5.69 Å². The van der Waals surface area contributed by atoms with Gasteiger partial charge < -0.3 is 4.90 Å². The maximum atomic E-state index is 13.1. The molecule has 2 heterocycles. The molecule has 7 heteroatoms. The van der Waals surface area contributed by atoms with Crippen molar-refractivity contribution >= 4 is 37.5 Å². The van der Waals surface area contributed by atoms with Gasteiger partial charge in [-0.2, -0.15) is 4.31 Å². The summed E-state index contributed by atoms with van der Waals surface area (Å²) in [5.41, 5.74) is 2.11. The highest BCUT2D eigenvalue weighted by Crippen LogP contribution is 2.33. The minimum absolute atomic E-state index is 0.0315. The number of hydrogen-bond acceptors (Lipinski definition) is 3. The van der Waals surface area contributed by atoms with Crippen LogP contribution in [0.2, 0.25) is 0 Å². The molecule has 2 aromatic rings. The predicted molar refractivity (Wildman–Crippen MR) is 108 cm³/mol. The number of sulfonamides is 1. The van der Waals surface area contributed by atoms with E-state index < -0.39 is 10.0 Å². The first-order chi connectivity index (χ1) is 13.0. The van der Waals surface area contributed by atoms with Crippen LogP contribution in [-0.2, 0) is 21.2 Å². The molecule has 0 N–H and O–H groups in total. The summed E-state index contributed by atoms with van der Waals surface area (Å²) >= 11 is 3.47. The van der Waals surface area contributed by atoms with Gasteiger partial charge >= 0.3 is 0 Å². The van der Waals surface area contributed by atoms with Gasteiger partial charge in [0.15, 0.2) is 0 Å². The van der Waals surface area contributed by atoms with E-state index in [4.69, 9.17) is 0 Å². The van der Waals surface area contributed by atoms with E-state index in [0.29, 0.717) is 19.5 Å². The number of carbonyl (C=O) groups is 1. The Labute approximate surface area is 168 Å². The van der Waals surface area contributed by atoms with E-state index in [-0.39, 0.29) is 23.3 Å². The van der Waals surface area contributed by atoms with Gasteiger partial charge in [0.25, 0.3) is 0 Å². The number of fused-ring (bicyclic) bond motifs is 1. The zero-order valence-electron chi connectivity index (χ0n) is 14.8. The molecule has 0 spiro atoms. The minimum Gasteiger partial charge on any atom is -0.312 e. The smallest absolute Gasteiger partial charge is 0.243 e. The second kappa shape index (κ2) is 7.37. The van der Waals surface area contributed by atoms with E-state index in [0.717, 1.165) is 28.6 Å². The number of carbonyl (C=O) groups excluding carboxylic acids is 1. The maximum absolute atomic E-state index is 13.1. The number of piperidine rings is 1. The molecule has 0 aromatic heterocycles. The molecule has 0 saturated carbocycles. The Morgan fingerprint density at radius 2 is 1.85 bits per heavy atom. The summed E-state index contributed by atoms with van der Waals surface area (Å²) in [7, 11) is -3.56. The molecule has 1 saturated heterocycles. The Bertz CT molecular complexity index is 962. The summed E-state index contributed by atoms with van der Waals surface area (Å²) in [6.07, 6.45) is 2.25. The third kappa shape index (κ3) is 3.56. The van der Waals surface area contributed by atoms with Gasteiger partial charge in [-0.15, -0.1) is 0 Å². The highest BCUT2D eigenvalue weighted by atomic mass is 79.9. The van der Waals surface area contributed by atoms with Gasteiger partial charge in [-0.25, -0.2) is 8.42 Å². The fourth-order valence-electron chi connectivity index (χ4n) is 3.92. The zero-order valence-corrected chi connectivity index (χ0v) is 17.2. The van der Waals surface area contributed by atoms with Gasteiger partial charge in [-0.1, -0.05) is 34.1 Å². The summed E-state index contributed by atoms with van der Waals surface area (Å²) in [6.45, 7) is 1.37. The lowest BCUT2D eigenvalue weighted by atomic mass is 9.98. The fourth-order valence-corrected chi connectivity index (χ4v) is 5.88. The molecule has 2 aromatic carbocycles. The molecule has 1 atom stereocenters. The Balaban J connectivity index is 1.53. The van der Waals surface area contributed by atoms with Crippen molar-refractivity contribution in [2.24, 2.45) is 5.92 Å². The van der Waals surface area contributed by atoms with E-state index >= 15 is 0 Å². The number of halogens is 1. The van der Waals surface area contributed by atoms with Crippen LogP contribution in [0.25, 0.3) is 0 Å². The lowest BCUT2D eigenvalue weighted by Gasteiger charge is -2.33. The molecule has 0 unspecified atom stereocenters. The van der Waals surface area contributed by atoms with Crippen molar-refractivity contribution in [3.63, 3.8) is 0 Å². The van der Waals surface area contributed by atoms with Gasteiger partial charge in [0, 0.05) is 29.8 Å². The highest BCUT2D eigenvalue weighted by molar-refractivity contribution is 9.10. The monoisotopic (exact) mass is 448 g/mol. The Morgan fingerprint density at radius 1 is 1.07 bits per heavy atom. The van der Waals surface area contributed by atoms with E-state index in [1.807, 2.05) is 17.0 Å². The van der Waals surface area contributed by atoms with Crippen LogP contribution in [0.15, 0.2) is 57.9 Å². The number of rotatable bonds is 3. The lowest BCUT2D eigenvalue weighted by Crippen LogP contribution is -2.46. The van der Waals surface area contributed by atoms with Crippen molar-refractivity contribution in [1.82, 2.24) is 4.31 Å². The molecule has 4 rings (SSSR count). The normalized spacial score (nSPS) is 20.5. The van der Waals surface area contributed by atoms with Gasteiger partial charge in [0.05, 0.1) is 10.8 Å². The van der Waals surface area contributed by atoms with Crippen molar-refractivity contribution in [2.75, 3.05) is 24.5 Å². The summed E-state index contributed by atoms with van der Waals surface area (Å²) in [4.78, 5) is 15.3. The molecule has 0 aliphatic carbocycles. The molecule has 2 aliphatic heterocycles. The first-order valence-corrected chi connectivity index (χ1v) is 11.3. The van der Waals surface area contributed by atoms with E-state index in [9.17, 15) is 13.2 Å². The summed E-state index contributed by atoms with van der Waals surface area (Å²) in [6, 6.07) is 14.4. The SMILES string of the molecule is O=C([C@H]1CCCN(S(=O)(=O)c2ccccc2)C1)N1CCc2cc(Br)ccc21. The number of amides is 1. The van der Waals surface area contributed by atoms with Crippen molar-refractivity contribution in [1.29, 1.82) is 0 Å². The standard InChI is InChI=1S/C20H21BrN2O3S/c21-17-8-9-19-15(13-17)10-12-23(19)20(24)16-5-4-11-22(14-16)27(25,26)18-6-2-1-3-7-18/h1-3,6-9,13,16H,4-5,10-12,14H2/t16-/m0/s1. The molecule has 5 nitrogen and oxygen atoms in total. The number of benzene rings is 2. The van der Waals surface area contributed by atoms with Gasteiger partial charge in [0.1, 0.15) is 0 Å². The van der Waals surface area contributed by atoms with Crippen LogP contribution in [0.3, 0.4) is 0 Å². The van der Waals surface area contributed by atoms with Crippen molar-refractivity contribution in [3.05, 3.63) is 58.6 Å². The van der Waals surface area contributed by atoms with Gasteiger partial charge in [-0.3, -0.25) is 4.79 Å².